The number of oxime groups is 1. The second kappa shape index (κ2) is 8.57. The summed E-state index contributed by atoms with van der Waals surface area (Å²) < 4.78 is 5.47. The Labute approximate surface area is 99.2 Å². The highest BCUT2D eigenvalue weighted by molar-refractivity contribution is 5.83. The van der Waals surface area contributed by atoms with Gasteiger partial charge in [-0.3, -0.25) is 0 Å². The van der Waals surface area contributed by atoms with Gasteiger partial charge in [0, 0.05) is 6.42 Å². The van der Waals surface area contributed by atoms with Crippen molar-refractivity contribution >= 4 is 5.71 Å². The molecule has 0 aromatic heterocycles. The minimum absolute atomic E-state index is 0.0959. The first-order valence-electron chi connectivity index (χ1n) is 6.70. The van der Waals surface area contributed by atoms with E-state index in [9.17, 15) is 0 Å². The summed E-state index contributed by atoms with van der Waals surface area (Å²) in [6.45, 7) is 5.17. The minimum Gasteiger partial charge on any atom is -0.364 e. The zero-order valence-corrected chi connectivity index (χ0v) is 10.7. The van der Waals surface area contributed by atoms with E-state index in [2.05, 4.69) is 19.0 Å². The van der Waals surface area contributed by atoms with Crippen molar-refractivity contribution < 1.29 is 9.57 Å². The van der Waals surface area contributed by atoms with Crippen LogP contribution in [-0.4, -0.2) is 18.6 Å². The molecule has 94 valence electrons. The van der Waals surface area contributed by atoms with Gasteiger partial charge in [-0.2, -0.15) is 0 Å². The fraction of sp³-hybridized carbons (Fsp3) is 0.923. The Morgan fingerprint density at radius 1 is 1.31 bits per heavy atom. The van der Waals surface area contributed by atoms with E-state index >= 15 is 0 Å². The lowest BCUT2D eigenvalue weighted by Crippen LogP contribution is -2.20. The molecular formula is C13H25NO2. The maximum Gasteiger partial charge on any atom is 0.226 e. The van der Waals surface area contributed by atoms with Gasteiger partial charge in [-0.1, -0.05) is 31.8 Å². The van der Waals surface area contributed by atoms with Crippen LogP contribution in [0.5, 0.6) is 0 Å². The standard InChI is InChI=1S/C13H25NO2/c1-3-5-6-9-12(4-2)14-16-13-10-7-8-11-15-13/h13H,3-11H2,1-2H3. The van der Waals surface area contributed by atoms with Crippen LogP contribution in [0.25, 0.3) is 0 Å². The Morgan fingerprint density at radius 3 is 2.81 bits per heavy atom. The molecule has 3 heteroatoms. The molecule has 1 fully saturated rings. The quantitative estimate of drug-likeness (QED) is 0.375. The van der Waals surface area contributed by atoms with Crippen molar-refractivity contribution in [1.29, 1.82) is 0 Å². The summed E-state index contributed by atoms with van der Waals surface area (Å²) in [5.41, 5.74) is 1.17. The van der Waals surface area contributed by atoms with Crippen LogP contribution in [0.3, 0.4) is 0 Å². The molecule has 1 rings (SSSR count). The van der Waals surface area contributed by atoms with Crippen molar-refractivity contribution in [3.05, 3.63) is 0 Å². The lowest BCUT2D eigenvalue weighted by molar-refractivity contribution is -0.162. The van der Waals surface area contributed by atoms with E-state index in [0.29, 0.717) is 0 Å². The van der Waals surface area contributed by atoms with Crippen LogP contribution < -0.4 is 0 Å². The number of nitrogens with zero attached hydrogens (tertiary/aromatic N) is 1. The Hall–Kier alpha value is -0.570. The van der Waals surface area contributed by atoms with Crippen LogP contribution in [0, 0.1) is 0 Å². The van der Waals surface area contributed by atoms with E-state index in [1.807, 2.05) is 0 Å². The molecule has 0 spiro atoms. The van der Waals surface area contributed by atoms with Crippen molar-refractivity contribution in [2.24, 2.45) is 5.16 Å². The lowest BCUT2D eigenvalue weighted by Gasteiger charge is -2.20. The Bertz CT molecular complexity index is 198. The molecule has 1 unspecified atom stereocenters. The van der Waals surface area contributed by atoms with Gasteiger partial charge < -0.3 is 9.57 Å². The molecule has 0 amide bonds. The first kappa shape index (κ1) is 13.5. The van der Waals surface area contributed by atoms with Crippen LogP contribution in [-0.2, 0) is 9.57 Å². The van der Waals surface area contributed by atoms with Gasteiger partial charge in [0.25, 0.3) is 0 Å². The molecule has 0 bridgehead atoms. The monoisotopic (exact) mass is 227 g/mol. The van der Waals surface area contributed by atoms with E-state index in [1.54, 1.807) is 0 Å². The number of rotatable bonds is 7. The summed E-state index contributed by atoms with van der Waals surface area (Å²) in [6.07, 6.45) is 9.03. The lowest BCUT2D eigenvalue weighted by atomic mass is 10.1. The molecule has 0 radical (unpaired) electrons. The zero-order valence-electron chi connectivity index (χ0n) is 10.7. The molecular weight excluding hydrogens is 202 g/mol. The highest BCUT2D eigenvalue weighted by atomic mass is 16.8. The molecule has 1 aliphatic heterocycles. The highest BCUT2D eigenvalue weighted by Gasteiger charge is 2.14. The molecule has 1 aliphatic rings. The van der Waals surface area contributed by atoms with Crippen molar-refractivity contribution in [2.75, 3.05) is 6.61 Å². The molecule has 0 N–H and O–H groups in total. The fourth-order valence-electron chi connectivity index (χ4n) is 1.79. The molecule has 0 aromatic rings. The van der Waals surface area contributed by atoms with Gasteiger partial charge >= 0.3 is 0 Å². The largest absolute Gasteiger partial charge is 0.364 e. The summed E-state index contributed by atoms with van der Waals surface area (Å²) in [7, 11) is 0. The van der Waals surface area contributed by atoms with E-state index in [1.165, 1.54) is 31.4 Å². The SMILES string of the molecule is CCCCCC(CC)=NOC1CCCCO1. The average molecular weight is 227 g/mol. The topological polar surface area (TPSA) is 30.8 Å². The molecule has 0 saturated carbocycles. The number of hydrogen-bond acceptors (Lipinski definition) is 3. The molecule has 16 heavy (non-hydrogen) atoms. The third-order valence-electron chi connectivity index (χ3n) is 2.91. The Kier molecular flexibility index (Phi) is 7.23. The normalized spacial score (nSPS) is 22.1. The predicted octanol–water partition coefficient (Wildman–Crippen LogP) is 3.88. The minimum atomic E-state index is -0.0959. The van der Waals surface area contributed by atoms with Crippen LogP contribution in [0.4, 0.5) is 0 Å². The predicted molar refractivity (Wildman–Crippen MR) is 66.5 cm³/mol. The van der Waals surface area contributed by atoms with E-state index in [0.717, 1.165) is 32.3 Å². The van der Waals surface area contributed by atoms with Crippen LogP contribution >= 0.6 is 0 Å². The summed E-state index contributed by atoms with van der Waals surface area (Å²) in [5, 5.41) is 4.23. The highest BCUT2D eigenvalue weighted by Crippen LogP contribution is 2.14. The molecule has 1 saturated heterocycles. The first-order chi connectivity index (χ1) is 7.86. The Morgan fingerprint density at radius 2 is 2.19 bits per heavy atom. The van der Waals surface area contributed by atoms with Crippen LogP contribution in [0.1, 0.15) is 65.2 Å². The number of hydrogen-bond donors (Lipinski definition) is 0. The maximum absolute atomic E-state index is 5.47. The Balaban J connectivity index is 2.22. The second-order valence-corrected chi connectivity index (χ2v) is 4.37. The summed E-state index contributed by atoms with van der Waals surface area (Å²) in [5.74, 6) is 0. The van der Waals surface area contributed by atoms with Gasteiger partial charge in [-0.15, -0.1) is 0 Å². The van der Waals surface area contributed by atoms with Crippen molar-refractivity contribution in [2.45, 2.75) is 71.5 Å². The van der Waals surface area contributed by atoms with Gasteiger partial charge in [0.15, 0.2) is 0 Å². The zero-order chi connectivity index (χ0) is 11.6. The second-order valence-electron chi connectivity index (χ2n) is 4.37. The molecule has 1 atom stereocenters. The van der Waals surface area contributed by atoms with E-state index in [-0.39, 0.29) is 6.29 Å². The average Bonchev–Trinajstić information content (AvgIpc) is 2.35. The number of unbranched alkanes of at least 4 members (excludes halogenated alkanes) is 2. The van der Waals surface area contributed by atoms with Gasteiger partial charge in [0.05, 0.1) is 12.3 Å². The molecule has 0 aliphatic carbocycles. The summed E-state index contributed by atoms with van der Waals surface area (Å²) >= 11 is 0. The smallest absolute Gasteiger partial charge is 0.226 e. The molecule has 1 heterocycles. The summed E-state index contributed by atoms with van der Waals surface area (Å²) in [6, 6.07) is 0. The maximum atomic E-state index is 5.47. The van der Waals surface area contributed by atoms with Crippen molar-refractivity contribution in [1.82, 2.24) is 0 Å². The van der Waals surface area contributed by atoms with Crippen molar-refractivity contribution in [3.8, 4) is 0 Å². The third-order valence-corrected chi connectivity index (χ3v) is 2.91. The van der Waals surface area contributed by atoms with Gasteiger partial charge in [-0.25, -0.2) is 0 Å². The van der Waals surface area contributed by atoms with Gasteiger partial charge in [0.1, 0.15) is 0 Å². The fourth-order valence-corrected chi connectivity index (χ4v) is 1.79. The van der Waals surface area contributed by atoms with E-state index in [4.69, 9.17) is 9.57 Å². The van der Waals surface area contributed by atoms with Gasteiger partial charge in [-0.05, 0) is 32.1 Å². The van der Waals surface area contributed by atoms with Crippen molar-refractivity contribution in [3.63, 3.8) is 0 Å². The van der Waals surface area contributed by atoms with Crippen LogP contribution in [0.2, 0.25) is 0 Å². The van der Waals surface area contributed by atoms with Crippen LogP contribution in [0.15, 0.2) is 5.16 Å². The van der Waals surface area contributed by atoms with E-state index < -0.39 is 0 Å². The molecule has 0 aromatic carbocycles. The number of ether oxygens (including phenoxy) is 1. The van der Waals surface area contributed by atoms with Gasteiger partial charge in [0.2, 0.25) is 6.29 Å². The summed E-state index contributed by atoms with van der Waals surface area (Å²) in [4.78, 5) is 5.43. The molecule has 3 nitrogen and oxygen atoms in total. The first-order valence-corrected chi connectivity index (χ1v) is 6.70. The third kappa shape index (κ3) is 5.50.